The molecule has 0 aromatic heterocycles. The Morgan fingerprint density at radius 3 is 2.61 bits per heavy atom. The predicted octanol–water partition coefficient (Wildman–Crippen LogP) is 3.32. The van der Waals surface area contributed by atoms with Crippen molar-refractivity contribution >= 4 is 21.6 Å². The molecule has 7 nitrogen and oxygen atoms in total. The number of anilines is 1. The van der Waals surface area contributed by atoms with E-state index in [9.17, 15) is 13.2 Å². The van der Waals surface area contributed by atoms with Gasteiger partial charge in [0.2, 0.25) is 15.9 Å². The van der Waals surface area contributed by atoms with Crippen LogP contribution in [0.25, 0.3) is 0 Å². The summed E-state index contributed by atoms with van der Waals surface area (Å²) < 4.78 is 37.7. The first kappa shape index (κ1) is 23.1. The molecule has 1 atom stereocenters. The summed E-state index contributed by atoms with van der Waals surface area (Å²) in [6.07, 6.45) is 2.58. The van der Waals surface area contributed by atoms with E-state index in [2.05, 4.69) is 5.32 Å². The average Bonchev–Trinajstić information content (AvgIpc) is 2.79. The minimum Gasteiger partial charge on any atom is -0.497 e. The molecule has 0 aliphatic carbocycles. The first-order chi connectivity index (χ1) is 14.9. The van der Waals surface area contributed by atoms with E-state index in [1.165, 1.54) is 11.4 Å². The molecule has 1 saturated heterocycles. The highest BCUT2D eigenvalue weighted by molar-refractivity contribution is 7.89. The van der Waals surface area contributed by atoms with Crippen LogP contribution in [-0.2, 0) is 21.2 Å². The number of ether oxygens (including phenoxy) is 2. The number of piperidine rings is 1. The van der Waals surface area contributed by atoms with Crippen molar-refractivity contribution in [1.29, 1.82) is 0 Å². The molecule has 0 saturated carbocycles. The molecule has 1 unspecified atom stereocenters. The third-order valence-electron chi connectivity index (χ3n) is 5.52. The molecule has 31 heavy (non-hydrogen) atoms. The zero-order chi connectivity index (χ0) is 22.3. The van der Waals surface area contributed by atoms with Crippen LogP contribution in [0.15, 0.2) is 48.5 Å². The molecule has 1 aliphatic rings. The van der Waals surface area contributed by atoms with Gasteiger partial charge in [-0.25, -0.2) is 12.7 Å². The fourth-order valence-corrected chi connectivity index (χ4v) is 5.37. The quantitative estimate of drug-likeness (QED) is 0.639. The summed E-state index contributed by atoms with van der Waals surface area (Å²) in [4.78, 5) is 12.9. The third-order valence-corrected chi connectivity index (χ3v) is 7.45. The van der Waals surface area contributed by atoms with Gasteiger partial charge in [-0.2, -0.15) is 0 Å². The predicted molar refractivity (Wildman–Crippen MR) is 121 cm³/mol. The third kappa shape index (κ3) is 6.21. The summed E-state index contributed by atoms with van der Waals surface area (Å²) in [6.45, 7) is 0.658. The first-order valence-electron chi connectivity index (χ1n) is 10.5. The smallest absolute Gasteiger partial charge is 0.228 e. The summed E-state index contributed by atoms with van der Waals surface area (Å²) in [5.41, 5.74) is 1.63. The molecule has 1 amide bonds. The molecular formula is C23H30N2O5S. The van der Waals surface area contributed by atoms with Gasteiger partial charge in [0.25, 0.3) is 0 Å². The topological polar surface area (TPSA) is 84.9 Å². The number of amides is 1. The number of benzene rings is 2. The lowest BCUT2D eigenvalue weighted by Gasteiger charge is -2.31. The number of aryl methyl sites for hydroxylation is 1. The molecule has 2 aromatic rings. The molecule has 1 heterocycles. The monoisotopic (exact) mass is 446 g/mol. The number of rotatable bonds is 9. The van der Waals surface area contributed by atoms with E-state index in [1.807, 2.05) is 30.3 Å². The number of methoxy groups -OCH3 is 2. The minimum atomic E-state index is -3.41. The summed E-state index contributed by atoms with van der Waals surface area (Å²) in [7, 11) is -0.327. The fourth-order valence-electron chi connectivity index (χ4n) is 3.79. The molecule has 0 radical (unpaired) electrons. The van der Waals surface area contributed by atoms with Gasteiger partial charge in [-0.15, -0.1) is 0 Å². The van der Waals surface area contributed by atoms with Crippen molar-refractivity contribution in [2.24, 2.45) is 5.92 Å². The highest BCUT2D eigenvalue weighted by Gasteiger charge is 2.32. The summed E-state index contributed by atoms with van der Waals surface area (Å²) in [5, 5.41) is 2.88. The maximum absolute atomic E-state index is 12.9. The van der Waals surface area contributed by atoms with Crippen molar-refractivity contribution in [3.05, 3.63) is 54.1 Å². The van der Waals surface area contributed by atoms with Gasteiger partial charge in [0.1, 0.15) is 11.5 Å². The number of hydrogen-bond donors (Lipinski definition) is 1. The molecule has 1 fully saturated rings. The number of sulfonamides is 1. The zero-order valence-electron chi connectivity index (χ0n) is 18.0. The van der Waals surface area contributed by atoms with Gasteiger partial charge >= 0.3 is 0 Å². The normalized spacial score (nSPS) is 17.2. The van der Waals surface area contributed by atoms with Gasteiger partial charge in [0, 0.05) is 19.2 Å². The van der Waals surface area contributed by atoms with Crippen molar-refractivity contribution < 1.29 is 22.7 Å². The zero-order valence-corrected chi connectivity index (χ0v) is 18.9. The van der Waals surface area contributed by atoms with Crippen LogP contribution in [-0.4, -0.2) is 51.7 Å². The van der Waals surface area contributed by atoms with E-state index in [1.54, 1.807) is 25.3 Å². The van der Waals surface area contributed by atoms with Crippen molar-refractivity contribution in [3.8, 4) is 11.5 Å². The maximum atomic E-state index is 12.9. The largest absolute Gasteiger partial charge is 0.497 e. The van der Waals surface area contributed by atoms with Gasteiger partial charge in [-0.1, -0.05) is 30.3 Å². The molecule has 1 aliphatic heterocycles. The van der Waals surface area contributed by atoms with Crippen LogP contribution in [0.2, 0.25) is 0 Å². The van der Waals surface area contributed by atoms with Gasteiger partial charge in [0.15, 0.2) is 0 Å². The van der Waals surface area contributed by atoms with Crippen LogP contribution < -0.4 is 14.8 Å². The van der Waals surface area contributed by atoms with Crippen molar-refractivity contribution in [2.75, 3.05) is 38.4 Å². The van der Waals surface area contributed by atoms with Crippen LogP contribution in [0.3, 0.4) is 0 Å². The van der Waals surface area contributed by atoms with Gasteiger partial charge in [-0.3, -0.25) is 4.79 Å². The molecule has 2 aromatic carbocycles. The van der Waals surface area contributed by atoms with E-state index < -0.39 is 15.9 Å². The fraction of sp³-hybridized carbons (Fsp3) is 0.435. The first-order valence-corrected chi connectivity index (χ1v) is 12.1. The van der Waals surface area contributed by atoms with E-state index in [-0.39, 0.29) is 18.2 Å². The molecular weight excluding hydrogens is 416 g/mol. The SMILES string of the molecule is COc1ccc(OC)c(NC(=O)C2CCCN(S(=O)(=O)CCCc3ccccc3)C2)c1. The lowest BCUT2D eigenvalue weighted by Crippen LogP contribution is -2.44. The number of carbonyl (C=O) groups excluding carboxylic acids is 1. The van der Waals surface area contributed by atoms with E-state index in [4.69, 9.17) is 9.47 Å². The Kier molecular flexibility index (Phi) is 7.92. The minimum absolute atomic E-state index is 0.0833. The highest BCUT2D eigenvalue weighted by atomic mass is 32.2. The summed E-state index contributed by atoms with van der Waals surface area (Å²) in [6, 6.07) is 15.0. The second kappa shape index (κ2) is 10.6. The van der Waals surface area contributed by atoms with Crippen LogP contribution in [0.4, 0.5) is 5.69 Å². The lowest BCUT2D eigenvalue weighted by molar-refractivity contribution is -0.120. The number of carbonyl (C=O) groups is 1. The Labute approximate surface area is 184 Å². The number of hydrogen-bond acceptors (Lipinski definition) is 5. The lowest BCUT2D eigenvalue weighted by atomic mass is 9.98. The van der Waals surface area contributed by atoms with Crippen molar-refractivity contribution in [3.63, 3.8) is 0 Å². The van der Waals surface area contributed by atoms with E-state index in [0.717, 1.165) is 5.56 Å². The van der Waals surface area contributed by atoms with Crippen LogP contribution in [0.5, 0.6) is 11.5 Å². The van der Waals surface area contributed by atoms with Crippen LogP contribution >= 0.6 is 0 Å². The molecule has 0 bridgehead atoms. The Balaban J connectivity index is 1.59. The summed E-state index contributed by atoms with van der Waals surface area (Å²) in [5.74, 6) is 0.585. The highest BCUT2D eigenvalue weighted by Crippen LogP contribution is 2.30. The molecule has 168 valence electrons. The van der Waals surface area contributed by atoms with Crippen LogP contribution in [0.1, 0.15) is 24.8 Å². The Morgan fingerprint density at radius 1 is 1.13 bits per heavy atom. The Hall–Kier alpha value is -2.58. The maximum Gasteiger partial charge on any atom is 0.228 e. The number of nitrogens with zero attached hydrogens (tertiary/aromatic N) is 1. The molecule has 0 spiro atoms. The number of nitrogens with one attached hydrogen (secondary N) is 1. The van der Waals surface area contributed by atoms with E-state index in [0.29, 0.717) is 49.4 Å². The average molecular weight is 447 g/mol. The Morgan fingerprint density at radius 2 is 1.90 bits per heavy atom. The van der Waals surface area contributed by atoms with Gasteiger partial charge in [-0.05, 0) is 43.4 Å². The van der Waals surface area contributed by atoms with Crippen molar-refractivity contribution in [2.45, 2.75) is 25.7 Å². The standard InChI is InChI=1S/C23H30N2O5S/c1-29-20-12-13-22(30-2)21(16-20)24-23(26)19-11-6-14-25(17-19)31(27,28)15-7-10-18-8-4-3-5-9-18/h3-5,8-9,12-13,16,19H,6-7,10-11,14-15,17H2,1-2H3,(H,24,26). The second-order valence-corrected chi connectivity index (χ2v) is 9.75. The van der Waals surface area contributed by atoms with Gasteiger partial charge < -0.3 is 14.8 Å². The Bertz CT molecular complexity index is 979. The molecule has 1 N–H and O–H groups in total. The van der Waals surface area contributed by atoms with Crippen molar-refractivity contribution in [1.82, 2.24) is 4.31 Å². The molecule has 3 rings (SSSR count). The van der Waals surface area contributed by atoms with Gasteiger partial charge in [0.05, 0.1) is 31.6 Å². The van der Waals surface area contributed by atoms with Crippen LogP contribution in [0, 0.1) is 5.92 Å². The summed E-state index contributed by atoms with van der Waals surface area (Å²) >= 11 is 0. The second-order valence-electron chi connectivity index (χ2n) is 7.66. The van der Waals surface area contributed by atoms with E-state index >= 15 is 0 Å². The molecule has 8 heteroatoms.